The van der Waals surface area contributed by atoms with Gasteiger partial charge in [-0.1, -0.05) is 33.1 Å². The van der Waals surface area contributed by atoms with Crippen LogP contribution < -0.4 is 5.73 Å². The molecule has 1 saturated heterocycles. The van der Waals surface area contributed by atoms with Crippen LogP contribution in [-0.4, -0.2) is 29.3 Å². The van der Waals surface area contributed by atoms with Gasteiger partial charge in [0.25, 0.3) is 0 Å². The molecule has 4 nitrogen and oxygen atoms in total. The second kappa shape index (κ2) is 6.25. The van der Waals surface area contributed by atoms with E-state index in [1.807, 2.05) is 0 Å². The van der Waals surface area contributed by atoms with E-state index in [4.69, 9.17) is 5.73 Å². The first-order valence-electron chi connectivity index (χ1n) is 8.02. The van der Waals surface area contributed by atoms with Crippen LogP contribution >= 0.6 is 0 Å². The number of likely N-dealkylation sites (tertiary alicyclic amines) is 1. The van der Waals surface area contributed by atoms with E-state index in [-0.39, 0.29) is 23.3 Å². The topological polar surface area (TPSA) is 63.4 Å². The van der Waals surface area contributed by atoms with Gasteiger partial charge < -0.3 is 5.73 Å². The first-order chi connectivity index (χ1) is 9.47. The first-order valence-corrected chi connectivity index (χ1v) is 8.02. The Labute approximate surface area is 122 Å². The molecule has 1 aliphatic heterocycles. The lowest BCUT2D eigenvalue weighted by atomic mass is 9.67. The summed E-state index contributed by atoms with van der Waals surface area (Å²) in [4.78, 5) is 26.5. The number of nitrogens with zero attached hydrogens (tertiary/aromatic N) is 1. The van der Waals surface area contributed by atoms with E-state index >= 15 is 0 Å². The second-order valence-electron chi connectivity index (χ2n) is 7.09. The van der Waals surface area contributed by atoms with E-state index in [0.29, 0.717) is 25.3 Å². The van der Waals surface area contributed by atoms with Crippen LogP contribution in [0.5, 0.6) is 0 Å². The zero-order valence-electron chi connectivity index (χ0n) is 12.9. The van der Waals surface area contributed by atoms with E-state index in [1.54, 1.807) is 0 Å². The number of hydrogen-bond donors (Lipinski definition) is 1. The van der Waals surface area contributed by atoms with E-state index in [1.165, 1.54) is 11.3 Å². The predicted molar refractivity (Wildman–Crippen MR) is 78.9 cm³/mol. The molecule has 1 heterocycles. The van der Waals surface area contributed by atoms with Crippen molar-refractivity contribution in [2.24, 2.45) is 17.1 Å². The highest BCUT2D eigenvalue weighted by atomic mass is 16.2. The molecule has 20 heavy (non-hydrogen) atoms. The van der Waals surface area contributed by atoms with Gasteiger partial charge in [-0.15, -0.1) is 0 Å². The molecule has 1 unspecified atom stereocenters. The largest absolute Gasteiger partial charge is 0.328 e. The fraction of sp³-hybridized carbons (Fsp3) is 0.875. The second-order valence-corrected chi connectivity index (χ2v) is 7.09. The van der Waals surface area contributed by atoms with Crippen LogP contribution in [0.2, 0.25) is 0 Å². The number of imide groups is 1. The molecule has 2 fully saturated rings. The Hall–Kier alpha value is -0.900. The lowest BCUT2D eigenvalue weighted by molar-refractivity contribution is -0.157. The molecule has 0 aromatic rings. The fourth-order valence-electron chi connectivity index (χ4n) is 3.93. The Morgan fingerprint density at radius 1 is 1.10 bits per heavy atom. The summed E-state index contributed by atoms with van der Waals surface area (Å²) >= 11 is 0. The van der Waals surface area contributed by atoms with Gasteiger partial charge in [-0.2, -0.15) is 0 Å². The van der Waals surface area contributed by atoms with Gasteiger partial charge in [-0.3, -0.25) is 14.5 Å². The van der Waals surface area contributed by atoms with Crippen LogP contribution in [0.1, 0.15) is 65.2 Å². The number of hydrogen-bond acceptors (Lipinski definition) is 3. The number of carbonyl (C=O) groups is 2. The Morgan fingerprint density at radius 2 is 1.65 bits per heavy atom. The fourth-order valence-corrected chi connectivity index (χ4v) is 3.93. The van der Waals surface area contributed by atoms with Gasteiger partial charge in [-0.25, -0.2) is 0 Å². The third-order valence-electron chi connectivity index (χ3n) is 4.88. The lowest BCUT2D eigenvalue weighted by Gasteiger charge is -2.44. The third kappa shape index (κ3) is 3.22. The number of nitrogens with two attached hydrogens (primary N) is 1. The summed E-state index contributed by atoms with van der Waals surface area (Å²) in [7, 11) is 0. The quantitative estimate of drug-likeness (QED) is 0.805. The number of amides is 2. The van der Waals surface area contributed by atoms with Crippen LogP contribution in [0, 0.1) is 11.3 Å². The van der Waals surface area contributed by atoms with Crippen molar-refractivity contribution in [3.8, 4) is 0 Å². The molecular formula is C16H28N2O2. The van der Waals surface area contributed by atoms with E-state index in [0.717, 1.165) is 32.1 Å². The molecule has 2 N–H and O–H groups in total. The van der Waals surface area contributed by atoms with Crippen molar-refractivity contribution in [3.05, 3.63) is 0 Å². The van der Waals surface area contributed by atoms with Crippen molar-refractivity contribution in [2.45, 2.75) is 71.3 Å². The standard InChI is InChI=1S/C16H28N2O2/c1-12(2)8-13(11-17)18-14(19)9-16(10-15(18)20)6-4-3-5-7-16/h12-13H,3-11,17H2,1-2H3. The van der Waals surface area contributed by atoms with Crippen LogP contribution in [0.3, 0.4) is 0 Å². The molecule has 2 amide bonds. The number of carbonyl (C=O) groups excluding carboxylic acids is 2. The highest BCUT2D eigenvalue weighted by Crippen LogP contribution is 2.45. The monoisotopic (exact) mass is 280 g/mol. The first kappa shape index (κ1) is 15.5. The minimum Gasteiger partial charge on any atom is -0.328 e. The van der Waals surface area contributed by atoms with E-state index in [2.05, 4.69) is 13.8 Å². The lowest BCUT2D eigenvalue weighted by Crippen LogP contribution is -2.55. The van der Waals surface area contributed by atoms with Crippen molar-refractivity contribution in [1.29, 1.82) is 0 Å². The van der Waals surface area contributed by atoms with Crippen molar-refractivity contribution in [3.63, 3.8) is 0 Å². The predicted octanol–water partition coefficient (Wildman–Crippen LogP) is 2.46. The van der Waals surface area contributed by atoms with Crippen LogP contribution in [0.4, 0.5) is 0 Å². The highest BCUT2D eigenvalue weighted by Gasteiger charge is 2.45. The normalized spacial score (nSPS) is 24.5. The summed E-state index contributed by atoms with van der Waals surface area (Å²) in [6, 6.07) is -0.115. The number of rotatable bonds is 4. The van der Waals surface area contributed by atoms with E-state index in [9.17, 15) is 9.59 Å². The Bertz CT molecular complexity index is 353. The molecule has 1 aliphatic carbocycles. The van der Waals surface area contributed by atoms with E-state index < -0.39 is 0 Å². The van der Waals surface area contributed by atoms with Gasteiger partial charge in [0.15, 0.2) is 0 Å². The molecule has 1 spiro atoms. The minimum absolute atomic E-state index is 0.0132. The molecule has 0 bridgehead atoms. The SMILES string of the molecule is CC(C)CC(CN)N1C(=O)CC2(CCCCC2)CC1=O. The maximum absolute atomic E-state index is 12.5. The van der Waals surface area contributed by atoms with Gasteiger partial charge in [0.2, 0.25) is 11.8 Å². The minimum atomic E-state index is -0.115. The third-order valence-corrected chi connectivity index (χ3v) is 4.88. The van der Waals surface area contributed by atoms with Crippen LogP contribution in [0.15, 0.2) is 0 Å². The summed E-state index contributed by atoms with van der Waals surface area (Å²) in [5, 5.41) is 0. The maximum Gasteiger partial charge on any atom is 0.230 e. The van der Waals surface area contributed by atoms with Crippen LogP contribution in [-0.2, 0) is 9.59 Å². The van der Waals surface area contributed by atoms with Gasteiger partial charge >= 0.3 is 0 Å². The van der Waals surface area contributed by atoms with Gasteiger partial charge in [0.1, 0.15) is 0 Å². The van der Waals surface area contributed by atoms with Gasteiger partial charge in [0, 0.05) is 19.4 Å². The molecule has 2 aliphatic rings. The van der Waals surface area contributed by atoms with Crippen molar-refractivity contribution in [2.75, 3.05) is 6.54 Å². The zero-order chi connectivity index (χ0) is 14.8. The molecule has 1 saturated carbocycles. The molecule has 0 aromatic carbocycles. The molecule has 1 atom stereocenters. The van der Waals surface area contributed by atoms with Crippen molar-refractivity contribution >= 4 is 11.8 Å². The van der Waals surface area contributed by atoms with Crippen LogP contribution in [0.25, 0.3) is 0 Å². The maximum atomic E-state index is 12.5. The van der Waals surface area contributed by atoms with Gasteiger partial charge in [-0.05, 0) is 30.6 Å². The molecular weight excluding hydrogens is 252 g/mol. The Morgan fingerprint density at radius 3 is 2.10 bits per heavy atom. The average Bonchev–Trinajstić information content (AvgIpc) is 2.36. The molecule has 0 aromatic heterocycles. The van der Waals surface area contributed by atoms with Crippen molar-refractivity contribution in [1.82, 2.24) is 4.90 Å². The summed E-state index contributed by atoms with van der Waals surface area (Å²) in [5.41, 5.74) is 5.77. The highest BCUT2D eigenvalue weighted by molar-refractivity contribution is 5.99. The average molecular weight is 280 g/mol. The molecule has 4 heteroatoms. The molecule has 2 rings (SSSR count). The summed E-state index contributed by atoms with van der Waals surface area (Å²) in [6.07, 6.45) is 7.54. The molecule has 114 valence electrons. The van der Waals surface area contributed by atoms with Crippen molar-refractivity contribution < 1.29 is 9.59 Å². The Balaban J connectivity index is 2.10. The number of piperidine rings is 1. The molecule has 0 radical (unpaired) electrons. The summed E-state index contributed by atoms with van der Waals surface area (Å²) < 4.78 is 0. The Kier molecular flexibility index (Phi) is 4.84. The zero-order valence-corrected chi connectivity index (χ0v) is 12.9. The summed E-state index contributed by atoms with van der Waals surface area (Å²) in [5.74, 6) is 0.466. The summed E-state index contributed by atoms with van der Waals surface area (Å²) in [6.45, 7) is 4.58. The van der Waals surface area contributed by atoms with Gasteiger partial charge in [0.05, 0.1) is 6.04 Å². The smallest absolute Gasteiger partial charge is 0.230 e.